The second-order valence-electron chi connectivity index (χ2n) is 7.29. The van der Waals surface area contributed by atoms with E-state index in [1.54, 1.807) is 36.4 Å². The summed E-state index contributed by atoms with van der Waals surface area (Å²) in [6.45, 7) is 9.55. The first-order valence-electron chi connectivity index (χ1n) is 8.51. The van der Waals surface area contributed by atoms with Gasteiger partial charge in [0.1, 0.15) is 0 Å². The van der Waals surface area contributed by atoms with Crippen LogP contribution in [-0.4, -0.2) is 28.4 Å². The summed E-state index contributed by atoms with van der Waals surface area (Å²) in [7, 11) is 0. The van der Waals surface area contributed by atoms with E-state index in [1.807, 2.05) is 34.6 Å². The lowest BCUT2D eigenvalue weighted by atomic mass is 10.1. The number of carbonyl (C=O) groups is 2. The third-order valence-electron chi connectivity index (χ3n) is 3.23. The van der Waals surface area contributed by atoms with Gasteiger partial charge in [0.15, 0.2) is 0 Å². The van der Waals surface area contributed by atoms with Crippen LogP contribution < -0.4 is 15.4 Å². The number of anilines is 1. The maximum Gasteiger partial charge on any atom is 0.257 e. The smallest absolute Gasteiger partial charge is 0.257 e. The molecule has 0 unspecified atom stereocenters. The Kier molecular flexibility index (Phi) is 5.97. The van der Waals surface area contributed by atoms with E-state index in [-0.39, 0.29) is 23.5 Å². The van der Waals surface area contributed by atoms with E-state index in [9.17, 15) is 9.59 Å². The van der Waals surface area contributed by atoms with Crippen molar-refractivity contribution in [2.45, 2.75) is 46.3 Å². The topological polar surface area (TPSA) is 80.3 Å². The average molecular weight is 355 g/mol. The molecule has 1 aromatic heterocycles. The van der Waals surface area contributed by atoms with Gasteiger partial charge in [0.2, 0.25) is 5.88 Å². The molecule has 1 heterocycles. The fourth-order valence-corrected chi connectivity index (χ4v) is 2.18. The summed E-state index contributed by atoms with van der Waals surface area (Å²) in [6.07, 6.45) is 1.48. The number of nitrogens with zero attached hydrogens (tertiary/aromatic N) is 1. The molecule has 0 fully saturated rings. The number of rotatable bonds is 5. The average Bonchev–Trinajstić information content (AvgIpc) is 2.53. The van der Waals surface area contributed by atoms with Gasteiger partial charge in [-0.3, -0.25) is 9.59 Å². The van der Waals surface area contributed by atoms with Gasteiger partial charge in [0.05, 0.1) is 11.7 Å². The zero-order chi connectivity index (χ0) is 19.3. The molecule has 2 rings (SSSR count). The monoisotopic (exact) mass is 355 g/mol. The van der Waals surface area contributed by atoms with E-state index in [0.717, 1.165) is 0 Å². The van der Waals surface area contributed by atoms with Crippen LogP contribution in [-0.2, 0) is 0 Å². The van der Waals surface area contributed by atoms with Gasteiger partial charge in [-0.05, 0) is 58.9 Å². The minimum absolute atomic E-state index is 0.0177. The summed E-state index contributed by atoms with van der Waals surface area (Å²) >= 11 is 0. The molecule has 1 aromatic carbocycles. The number of aromatic nitrogens is 1. The highest BCUT2D eigenvalue weighted by molar-refractivity contribution is 6.05. The molecule has 0 saturated carbocycles. The van der Waals surface area contributed by atoms with Gasteiger partial charge in [-0.2, -0.15) is 0 Å². The van der Waals surface area contributed by atoms with Gasteiger partial charge >= 0.3 is 0 Å². The lowest BCUT2D eigenvalue weighted by Crippen LogP contribution is -2.40. The number of carbonyl (C=O) groups excluding carboxylic acids is 2. The van der Waals surface area contributed by atoms with Crippen molar-refractivity contribution in [3.63, 3.8) is 0 Å². The van der Waals surface area contributed by atoms with Crippen LogP contribution in [0.4, 0.5) is 5.69 Å². The molecule has 2 amide bonds. The van der Waals surface area contributed by atoms with Crippen LogP contribution in [0.5, 0.6) is 5.88 Å². The summed E-state index contributed by atoms with van der Waals surface area (Å²) in [5, 5.41) is 5.67. The Balaban J connectivity index is 2.07. The lowest BCUT2D eigenvalue weighted by molar-refractivity contribution is 0.0918. The summed E-state index contributed by atoms with van der Waals surface area (Å²) in [4.78, 5) is 28.7. The van der Waals surface area contributed by atoms with Crippen molar-refractivity contribution >= 4 is 17.5 Å². The van der Waals surface area contributed by atoms with Crippen LogP contribution in [0, 0.1) is 0 Å². The SMILES string of the molecule is CC(C)Oc1ccc(C(=O)Nc2cccc(C(=O)NC(C)(C)C)c2)cn1. The molecule has 138 valence electrons. The first kappa shape index (κ1) is 19.4. The molecular formula is C20H25N3O3. The summed E-state index contributed by atoms with van der Waals surface area (Å²) in [6, 6.07) is 10.1. The molecule has 6 heteroatoms. The minimum atomic E-state index is -0.332. The van der Waals surface area contributed by atoms with Gasteiger partial charge in [0, 0.05) is 29.1 Å². The highest BCUT2D eigenvalue weighted by Gasteiger charge is 2.16. The second kappa shape index (κ2) is 7.99. The zero-order valence-electron chi connectivity index (χ0n) is 15.8. The number of hydrogen-bond donors (Lipinski definition) is 2. The maximum atomic E-state index is 12.4. The van der Waals surface area contributed by atoms with Crippen LogP contribution >= 0.6 is 0 Å². The number of hydrogen-bond acceptors (Lipinski definition) is 4. The second-order valence-corrected chi connectivity index (χ2v) is 7.29. The molecule has 26 heavy (non-hydrogen) atoms. The Morgan fingerprint density at radius 3 is 2.35 bits per heavy atom. The van der Waals surface area contributed by atoms with Crippen molar-refractivity contribution in [1.29, 1.82) is 0 Å². The predicted octanol–water partition coefficient (Wildman–Crippen LogP) is 3.65. The number of nitrogens with one attached hydrogen (secondary N) is 2. The Morgan fingerprint density at radius 2 is 1.77 bits per heavy atom. The molecule has 0 spiro atoms. The quantitative estimate of drug-likeness (QED) is 0.858. The molecule has 0 aliphatic heterocycles. The van der Waals surface area contributed by atoms with Crippen LogP contribution in [0.1, 0.15) is 55.3 Å². The van der Waals surface area contributed by atoms with E-state index in [4.69, 9.17) is 4.74 Å². The number of pyridine rings is 1. The van der Waals surface area contributed by atoms with Gasteiger partial charge in [-0.25, -0.2) is 4.98 Å². The zero-order valence-corrected chi connectivity index (χ0v) is 15.8. The molecule has 0 bridgehead atoms. The molecule has 2 aromatic rings. The van der Waals surface area contributed by atoms with Crippen LogP contribution in [0.15, 0.2) is 42.6 Å². The van der Waals surface area contributed by atoms with Gasteiger partial charge < -0.3 is 15.4 Å². The van der Waals surface area contributed by atoms with E-state index < -0.39 is 0 Å². The molecule has 6 nitrogen and oxygen atoms in total. The number of amides is 2. The number of benzene rings is 1. The first-order valence-corrected chi connectivity index (χ1v) is 8.51. The van der Waals surface area contributed by atoms with Crippen molar-refractivity contribution in [3.05, 3.63) is 53.7 Å². The molecule has 2 N–H and O–H groups in total. The molecule has 0 atom stereocenters. The van der Waals surface area contributed by atoms with Crippen molar-refractivity contribution in [1.82, 2.24) is 10.3 Å². The van der Waals surface area contributed by atoms with Gasteiger partial charge in [-0.1, -0.05) is 6.07 Å². The first-order chi connectivity index (χ1) is 12.1. The molecule has 0 aliphatic carbocycles. The predicted molar refractivity (Wildman–Crippen MR) is 102 cm³/mol. The fraction of sp³-hybridized carbons (Fsp3) is 0.350. The van der Waals surface area contributed by atoms with E-state index in [0.29, 0.717) is 22.7 Å². The Bertz CT molecular complexity index is 778. The largest absolute Gasteiger partial charge is 0.475 e. The summed E-state index contributed by atoms with van der Waals surface area (Å²) in [5.41, 5.74) is 1.10. The molecular weight excluding hydrogens is 330 g/mol. The van der Waals surface area contributed by atoms with Crippen molar-refractivity contribution < 1.29 is 14.3 Å². The Hall–Kier alpha value is -2.89. The van der Waals surface area contributed by atoms with Crippen LogP contribution in [0.2, 0.25) is 0 Å². The van der Waals surface area contributed by atoms with Crippen molar-refractivity contribution in [3.8, 4) is 5.88 Å². The van der Waals surface area contributed by atoms with Crippen molar-refractivity contribution in [2.24, 2.45) is 0 Å². The van der Waals surface area contributed by atoms with Crippen LogP contribution in [0.3, 0.4) is 0 Å². The highest BCUT2D eigenvalue weighted by atomic mass is 16.5. The van der Waals surface area contributed by atoms with Crippen molar-refractivity contribution in [2.75, 3.05) is 5.32 Å². The Labute approximate surface area is 154 Å². The third-order valence-corrected chi connectivity index (χ3v) is 3.23. The fourth-order valence-electron chi connectivity index (χ4n) is 2.18. The molecule has 0 saturated heterocycles. The van der Waals surface area contributed by atoms with E-state index in [1.165, 1.54) is 6.20 Å². The van der Waals surface area contributed by atoms with Gasteiger partial charge in [0.25, 0.3) is 11.8 Å². The standard InChI is InChI=1S/C20H25N3O3/c1-13(2)26-17-10-9-15(12-21-17)18(24)22-16-8-6-7-14(11-16)19(25)23-20(3,4)5/h6-13H,1-5H3,(H,22,24)(H,23,25). The molecule has 0 aliphatic rings. The lowest BCUT2D eigenvalue weighted by Gasteiger charge is -2.20. The maximum absolute atomic E-state index is 12.4. The summed E-state index contributed by atoms with van der Waals surface area (Å²) < 4.78 is 5.46. The number of ether oxygens (including phenoxy) is 1. The van der Waals surface area contributed by atoms with Crippen LogP contribution in [0.25, 0.3) is 0 Å². The normalized spacial score (nSPS) is 11.2. The Morgan fingerprint density at radius 1 is 1.04 bits per heavy atom. The van der Waals surface area contributed by atoms with E-state index in [2.05, 4.69) is 15.6 Å². The van der Waals surface area contributed by atoms with Gasteiger partial charge in [-0.15, -0.1) is 0 Å². The minimum Gasteiger partial charge on any atom is -0.475 e. The molecule has 0 radical (unpaired) electrons. The highest BCUT2D eigenvalue weighted by Crippen LogP contribution is 2.15. The van der Waals surface area contributed by atoms with E-state index >= 15 is 0 Å². The third kappa shape index (κ3) is 5.88. The summed E-state index contributed by atoms with van der Waals surface area (Å²) in [5.74, 6) is -0.0233.